The molecule has 0 spiro atoms. The van der Waals surface area contributed by atoms with E-state index < -0.39 is 4.92 Å². The molecule has 1 aliphatic rings. The first-order chi connectivity index (χ1) is 12.7. The topological polar surface area (TPSA) is 98.0 Å². The molecule has 1 saturated heterocycles. The number of nitro groups is 1. The van der Waals surface area contributed by atoms with E-state index in [0.717, 1.165) is 63.9 Å². The molecule has 1 unspecified atom stereocenters. The molecule has 1 aromatic rings. The minimum absolute atomic E-state index is 0.0892. The number of nitrogens with zero attached hydrogens (tertiary/aromatic N) is 2. The Morgan fingerprint density at radius 2 is 2.19 bits per heavy atom. The minimum Gasteiger partial charge on any atom is -0.382 e. The fraction of sp³-hybridized carbons (Fsp3) is 0.611. The number of aliphatic imine (C=N–C) groups is 1. The van der Waals surface area contributed by atoms with Gasteiger partial charge in [-0.2, -0.15) is 0 Å². The maximum absolute atomic E-state index is 10.7. The van der Waals surface area contributed by atoms with Crippen molar-refractivity contribution >= 4 is 11.6 Å². The summed E-state index contributed by atoms with van der Waals surface area (Å²) in [6, 6.07) is 6.48. The van der Waals surface area contributed by atoms with Gasteiger partial charge in [0.1, 0.15) is 0 Å². The van der Waals surface area contributed by atoms with E-state index in [9.17, 15) is 10.1 Å². The Bertz CT molecular complexity index is 571. The van der Waals surface area contributed by atoms with Crippen LogP contribution in [-0.2, 0) is 16.0 Å². The highest BCUT2D eigenvalue weighted by atomic mass is 16.6. The molecular formula is C18H28N4O4. The largest absolute Gasteiger partial charge is 0.382 e. The zero-order valence-electron chi connectivity index (χ0n) is 15.3. The van der Waals surface area contributed by atoms with Gasteiger partial charge < -0.3 is 20.1 Å². The first kappa shape index (κ1) is 20.1. The van der Waals surface area contributed by atoms with Crippen molar-refractivity contribution in [2.24, 2.45) is 10.9 Å². The Kier molecular flexibility index (Phi) is 8.85. The summed E-state index contributed by atoms with van der Waals surface area (Å²) in [5.74, 6) is 1.25. The minimum atomic E-state index is -0.399. The zero-order chi connectivity index (χ0) is 18.6. The molecule has 0 aromatic heterocycles. The number of hydrogen-bond acceptors (Lipinski definition) is 5. The molecule has 1 heterocycles. The van der Waals surface area contributed by atoms with Gasteiger partial charge in [0.15, 0.2) is 5.96 Å². The van der Waals surface area contributed by atoms with Gasteiger partial charge in [0, 0.05) is 51.0 Å². The lowest BCUT2D eigenvalue weighted by Crippen LogP contribution is -2.40. The van der Waals surface area contributed by atoms with Crippen LogP contribution >= 0.6 is 0 Å². The number of ether oxygens (including phenoxy) is 2. The van der Waals surface area contributed by atoms with E-state index >= 15 is 0 Å². The van der Waals surface area contributed by atoms with Gasteiger partial charge in [0.05, 0.1) is 18.1 Å². The van der Waals surface area contributed by atoms with Gasteiger partial charge in [-0.3, -0.25) is 10.1 Å². The number of benzene rings is 1. The Hall–Kier alpha value is -2.19. The molecule has 8 nitrogen and oxygen atoms in total. The summed E-state index contributed by atoms with van der Waals surface area (Å²) in [6.07, 6.45) is 1.96. The quantitative estimate of drug-likeness (QED) is 0.217. The van der Waals surface area contributed by atoms with Crippen molar-refractivity contribution in [2.75, 3.05) is 39.5 Å². The summed E-state index contributed by atoms with van der Waals surface area (Å²) in [5, 5.41) is 17.4. The maximum atomic E-state index is 10.7. The standard InChI is InChI=1S/C18H28N4O4/c1-2-25-10-3-9-19-18(21-13-16-8-11-26-14-16)20-12-15-4-6-17(7-5-15)22(23)24/h4-7,16H,2-3,8-14H2,1H3,(H2,19,20,21). The molecule has 0 amide bonds. The molecule has 0 radical (unpaired) electrons. The molecule has 8 heteroatoms. The normalized spacial score (nSPS) is 17.3. The van der Waals surface area contributed by atoms with Gasteiger partial charge in [-0.1, -0.05) is 12.1 Å². The van der Waals surface area contributed by atoms with Crippen molar-refractivity contribution in [1.82, 2.24) is 10.6 Å². The van der Waals surface area contributed by atoms with Crippen molar-refractivity contribution in [3.63, 3.8) is 0 Å². The summed E-state index contributed by atoms with van der Waals surface area (Å²) < 4.78 is 10.7. The first-order valence-corrected chi connectivity index (χ1v) is 9.10. The Morgan fingerprint density at radius 1 is 1.38 bits per heavy atom. The van der Waals surface area contributed by atoms with Crippen LogP contribution in [0.2, 0.25) is 0 Å². The lowest BCUT2D eigenvalue weighted by Gasteiger charge is -2.15. The molecule has 1 atom stereocenters. The van der Waals surface area contributed by atoms with E-state index in [0.29, 0.717) is 12.5 Å². The van der Waals surface area contributed by atoms with Crippen LogP contribution in [0.25, 0.3) is 0 Å². The summed E-state index contributed by atoms with van der Waals surface area (Å²) in [5.41, 5.74) is 1.02. The SMILES string of the molecule is CCOCCCNC(=NCc1ccc([N+](=O)[O-])cc1)NCC1CCOC1. The second-order valence-electron chi connectivity index (χ2n) is 6.18. The smallest absolute Gasteiger partial charge is 0.269 e. The second kappa shape index (κ2) is 11.4. The van der Waals surface area contributed by atoms with E-state index in [1.54, 1.807) is 12.1 Å². The van der Waals surface area contributed by atoms with E-state index in [1.807, 2.05) is 6.92 Å². The number of nitrogens with one attached hydrogen (secondary N) is 2. The van der Waals surface area contributed by atoms with Crippen LogP contribution < -0.4 is 10.6 Å². The monoisotopic (exact) mass is 364 g/mol. The molecule has 1 fully saturated rings. The molecule has 144 valence electrons. The Morgan fingerprint density at radius 3 is 2.85 bits per heavy atom. The van der Waals surface area contributed by atoms with E-state index in [4.69, 9.17) is 9.47 Å². The highest BCUT2D eigenvalue weighted by Crippen LogP contribution is 2.13. The maximum Gasteiger partial charge on any atom is 0.269 e. The zero-order valence-corrected chi connectivity index (χ0v) is 15.3. The fourth-order valence-corrected chi connectivity index (χ4v) is 2.58. The average molecular weight is 364 g/mol. The van der Waals surface area contributed by atoms with Gasteiger partial charge >= 0.3 is 0 Å². The van der Waals surface area contributed by atoms with Crippen LogP contribution in [-0.4, -0.2) is 50.4 Å². The number of nitro benzene ring substituents is 1. The fourth-order valence-electron chi connectivity index (χ4n) is 2.58. The second-order valence-corrected chi connectivity index (χ2v) is 6.18. The van der Waals surface area contributed by atoms with Crippen LogP contribution in [0.4, 0.5) is 5.69 Å². The predicted molar refractivity (Wildman–Crippen MR) is 100 cm³/mol. The van der Waals surface area contributed by atoms with Gasteiger partial charge in [-0.15, -0.1) is 0 Å². The Balaban J connectivity index is 1.86. The highest BCUT2D eigenvalue weighted by Gasteiger charge is 2.15. The van der Waals surface area contributed by atoms with Crippen LogP contribution in [0.15, 0.2) is 29.3 Å². The first-order valence-electron chi connectivity index (χ1n) is 9.10. The molecule has 0 saturated carbocycles. The average Bonchev–Trinajstić information content (AvgIpc) is 3.17. The lowest BCUT2D eigenvalue weighted by molar-refractivity contribution is -0.384. The third-order valence-corrected chi connectivity index (χ3v) is 4.11. The lowest BCUT2D eigenvalue weighted by atomic mass is 10.1. The summed E-state index contributed by atoms with van der Waals surface area (Å²) in [4.78, 5) is 14.9. The van der Waals surface area contributed by atoms with Gasteiger partial charge in [-0.05, 0) is 25.3 Å². The van der Waals surface area contributed by atoms with Crippen molar-refractivity contribution in [1.29, 1.82) is 0 Å². The molecule has 0 bridgehead atoms. The third kappa shape index (κ3) is 7.37. The van der Waals surface area contributed by atoms with Gasteiger partial charge in [0.2, 0.25) is 0 Å². The Labute approximate surface area is 154 Å². The van der Waals surface area contributed by atoms with Gasteiger partial charge in [-0.25, -0.2) is 4.99 Å². The van der Waals surface area contributed by atoms with Gasteiger partial charge in [0.25, 0.3) is 5.69 Å². The van der Waals surface area contributed by atoms with E-state index in [-0.39, 0.29) is 5.69 Å². The van der Waals surface area contributed by atoms with Crippen molar-refractivity contribution in [2.45, 2.75) is 26.3 Å². The van der Waals surface area contributed by atoms with Crippen LogP contribution in [0.1, 0.15) is 25.3 Å². The van der Waals surface area contributed by atoms with Crippen LogP contribution in [0.3, 0.4) is 0 Å². The van der Waals surface area contributed by atoms with Crippen LogP contribution in [0.5, 0.6) is 0 Å². The number of rotatable bonds is 10. The number of guanidine groups is 1. The summed E-state index contributed by atoms with van der Waals surface area (Å²) in [6.45, 7) is 7.08. The summed E-state index contributed by atoms with van der Waals surface area (Å²) in [7, 11) is 0. The molecular weight excluding hydrogens is 336 g/mol. The summed E-state index contributed by atoms with van der Waals surface area (Å²) >= 11 is 0. The van der Waals surface area contributed by atoms with E-state index in [1.165, 1.54) is 12.1 Å². The van der Waals surface area contributed by atoms with Crippen molar-refractivity contribution < 1.29 is 14.4 Å². The molecule has 2 rings (SSSR count). The third-order valence-electron chi connectivity index (χ3n) is 4.11. The molecule has 0 aliphatic carbocycles. The van der Waals surface area contributed by atoms with Crippen LogP contribution in [0, 0.1) is 16.0 Å². The molecule has 2 N–H and O–H groups in total. The predicted octanol–water partition coefficient (Wildman–Crippen LogP) is 2.09. The van der Waals surface area contributed by atoms with Crippen molar-refractivity contribution in [3.05, 3.63) is 39.9 Å². The number of non-ortho nitro benzene ring substituents is 1. The number of hydrogen-bond donors (Lipinski definition) is 2. The molecule has 26 heavy (non-hydrogen) atoms. The van der Waals surface area contributed by atoms with Crippen molar-refractivity contribution in [3.8, 4) is 0 Å². The molecule has 1 aromatic carbocycles. The highest BCUT2D eigenvalue weighted by molar-refractivity contribution is 5.79. The van der Waals surface area contributed by atoms with E-state index in [2.05, 4.69) is 15.6 Å². The molecule has 1 aliphatic heterocycles.